The fraction of sp³-hybridized carbons (Fsp3) is 0.333. The van der Waals surface area contributed by atoms with Crippen molar-refractivity contribution >= 4 is 26.8 Å². The van der Waals surface area contributed by atoms with Crippen LogP contribution in [0.4, 0.5) is 0 Å². The van der Waals surface area contributed by atoms with Gasteiger partial charge >= 0.3 is 0 Å². The molecule has 2 aromatic rings. The molecule has 24 heavy (non-hydrogen) atoms. The molecule has 1 aromatic carbocycles. The van der Waals surface area contributed by atoms with Gasteiger partial charge in [0.25, 0.3) is 0 Å². The summed E-state index contributed by atoms with van der Waals surface area (Å²) in [6.07, 6.45) is 2.27. The lowest BCUT2D eigenvalue weighted by Gasteiger charge is -2.16. The van der Waals surface area contributed by atoms with Gasteiger partial charge in [-0.3, -0.25) is 4.79 Å². The summed E-state index contributed by atoms with van der Waals surface area (Å²) < 4.78 is 37.4. The van der Waals surface area contributed by atoms with Gasteiger partial charge in [-0.25, -0.2) is 13.1 Å². The van der Waals surface area contributed by atoms with Crippen molar-refractivity contribution in [2.45, 2.75) is 23.6 Å². The molecular formula is C15H18N2O5S2. The van der Waals surface area contributed by atoms with Crippen LogP contribution in [0.3, 0.4) is 0 Å². The third-order valence-electron chi connectivity index (χ3n) is 3.66. The fourth-order valence-corrected chi connectivity index (χ4v) is 4.94. The smallest absolute Gasteiger partial charge is 0.220 e. The van der Waals surface area contributed by atoms with Gasteiger partial charge in [-0.1, -0.05) is 0 Å². The Morgan fingerprint density at radius 2 is 2.00 bits per heavy atom. The van der Waals surface area contributed by atoms with Crippen LogP contribution in [0.2, 0.25) is 0 Å². The summed E-state index contributed by atoms with van der Waals surface area (Å²) in [6.45, 7) is 3.22. The molecule has 7 nitrogen and oxygen atoms in total. The van der Waals surface area contributed by atoms with Crippen molar-refractivity contribution in [1.29, 1.82) is 0 Å². The van der Waals surface area contributed by atoms with Gasteiger partial charge in [-0.15, -0.1) is 0 Å². The zero-order valence-electron chi connectivity index (χ0n) is 13.7. The first kappa shape index (κ1) is 18.5. The largest absolute Gasteiger partial charge is 0.611 e. The Morgan fingerprint density at radius 3 is 2.46 bits per heavy atom. The zero-order valence-corrected chi connectivity index (χ0v) is 15.4. The van der Waals surface area contributed by atoms with Crippen molar-refractivity contribution in [2.24, 2.45) is 7.05 Å². The predicted octanol–water partition coefficient (Wildman–Crippen LogP) is 1.20. The van der Waals surface area contributed by atoms with Gasteiger partial charge in [-0.2, -0.15) is 5.10 Å². The molecule has 1 atom stereocenters. The van der Waals surface area contributed by atoms with Gasteiger partial charge in [0.15, 0.2) is 14.7 Å². The van der Waals surface area contributed by atoms with E-state index < -0.39 is 26.8 Å². The van der Waals surface area contributed by atoms with E-state index in [-0.39, 0.29) is 32.6 Å². The van der Waals surface area contributed by atoms with Gasteiger partial charge in [0, 0.05) is 24.4 Å². The van der Waals surface area contributed by atoms with Crippen molar-refractivity contribution in [1.82, 2.24) is 9.78 Å². The summed E-state index contributed by atoms with van der Waals surface area (Å²) in [6, 6.07) is 2.66. The van der Waals surface area contributed by atoms with Crippen molar-refractivity contribution < 1.29 is 22.9 Å². The van der Waals surface area contributed by atoms with Crippen LogP contribution in [0.1, 0.15) is 28.4 Å². The molecule has 1 heterocycles. The summed E-state index contributed by atoms with van der Waals surface area (Å²) in [5.74, 6) is -0.573. The Hall–Kier alpha value is -1.84. The van der Waals surface area contributed by atoms with E-state index in [1.807, 2.05) is 0 Å². The number of carbonyl (C=O) groups excluding carboxylic acids is 1. The first-order chi connectivity index (χ1) is 11.1. The van der Waals surface area contributed by atoms with Gasteiger partial charge in [-0.05, 0) is 37.2 Å². The van der Waals surface area contributed by atoms with Crippen LogP contribution in [-0.2, 0) is 28.1 Å². The number of benzene rings is 1. The van der Waals surface area contributed by atoms with E-state index in [2.05, 4.69) is 5.10 Å². The number of hydrogen-bond donors (Lipinski definition) is 1. The van der Waals surface area contributed by atoms with E-state index in [0.29, 0.717) is 5.56 Å². The molecule has 9 heteroatoms. The Bertz CT molecular complexity index is 903. The zero-order chi connectivity index (χ0) is 18.2. The highest BCUT2D eigenvalue weighted by atomic mass is 32.2. The maximum absolute atomic E-state index is 12.7. The molecule has 0 radical (unpaired) electrons. The Balaban J connectivity index is 2.70. The molecule has 1 unspecified atom stereocenters. The Kier molecular flexibility index (Phi) is 5.07. The fourth-order valence-electron chi connectivity index (χ4n) is 2.37. The van der Waals surface area contributed by atoms with Crippen molar-refractivity contribution in [3.05, 3.63) is 35.0 Å². The summed E-state index contributed by atoms with van der Waals surface area (Å²) in [4.78, 5) is 12.7. The molecule has 0 spiro atoms. The van der Waals surface area contributed by atoms with Crippen molar-refractivity contribution in [3.63, 3.8) is 0 Å². The van der Waals surface area contributed by atoms with E-state index in [1.54, 1.807) is 13.8 Å². The Morgan fingerprint density at radius 1 is 1.38 bits per heavy atom. The van der Waals surface area contributed by atoms with Crippen LogP contribution < -0.4 is 0 Å². The SMILES string of the molecule is CC[S+]([O-])c1c(S(C)(=O)=O)ccc(C(=O)c2cnn(C)c2O)c1C. The standard InChI is InChI=1S/C15H18N2O5S2/c1-5-23(20)14-9(2)10(6-7-12(14)24(4,21)22)13(18)11-8-16-17(3)15(11)19/h6-8,19H,5H2,1-4H3. The van der Waals surface area contributed by atoms with E-state index in [9.17, 15) is 22.9 Å². The van der Waals surface area contributed by atoms with E-state index in [4.69, 9.17) is 0 Å². The number of aromatic hydroxyl groups is 1. The second kappa shape index (κ2) is 6.58. The lowest BCUT2D eigenvalue weighted by atomic mass is 10.0. The summed E-state index contributed by atoms with van der Waals surface area (Å²) in [7, 11) is -2.10. The monoisotopic (exact) mass is 370 g/mol. The summed E-state index contributed by atoms with van der Waals surface area (Å²) >= 11 is -1.56. The molecular weight excluding hydrogens is 352 g/mol. The first-order valence-electron chi connectivity index (χ1n) is 7.07. The average molecular weight is 370 g/mol. The molecule has 0 bridgehead atoms. The number of nitrogens with zero attached hydrogens (tertiary/aromatic N) is 2. The first-order valence-corrected chi connectivity index (χ1v) is 10.3. The highest BCUT2D eigenvalue weighted by Crippen LogP contribution is 2.30. The molecule has 0 saturated carbocycles. The summed E-state index contributed by atoms with van der Waals surface area (Å²) in [5.41, 5.74) is 0.509. The van der Waals surface area contributed by atoms with E-state index in [1.165, 1.54) is 25.4 Å². The van der Waals surface area contributed by atoms with E-state index in [0.717, 1.165) is 10.9 Å². The lowest BCUT2D eigenvalue weighted by molar-refractivity contribution is 0.103. The van der Waals surface area contributed by atoms with Gasteiger partial charge in [0.2, 0.25) is 11.7 Å². The highest BCUT2D eigenvalue weighted by Gasteiger charge is 2.29. The predicted molar refractivity (Wildman–Crippen MR) is 89.5 cm³/mol. The number of sulfone groups is 1. The van der Waals surface area contributed by atoms with E-state index >= 15 is 0 Å². The molecule has 0 saturated heterocycles. The van der Waals surface area contributed by atoms with Crippen LogP contribution in [0.15, 0.2) is 28.1 Å². The molecule has 1 aromatic heterocycles. The second-order valence-corrected chi connectivity index (χ2v) is 8.97. The quantitative estimate of drug-likeness (QED) is 0.625. The van der Waals surface area contributed by atoms with Crippen LogP contribution in [0.5, 0.6) is 5.88 Å². The van der Waals surface area contributed by atoms with Crippen LogP contribution in [0.25, 0.3) is 0 Å². The number of aromatic nitrogens is 2. The molecule has 2 rings (SSSR count). The third-order valence-corrected chi connectivity index (χ3v) is 6.43. The van der Waals surface area contributed by atoms with Gasteiger partial charge in [0.05, 0.1) is 6.20 Å². The molecule has 0 fully saturated rings. The minimum absolute atomic E-state index is 0.000867. The molecule has 1 N–H and O–H groups in total. The molecule has 0 aliphatic rings. The number of ketones is 1. The molecule has 0 aliphatic heterocycles. The average Bonchev–Trinajstić information content (AvgIpc) is 2.84. The van der Waals surface area contributed by atoms with Gasteiger partial charge in [0.1, 0.15) is 16.2 Å². The van der Waals surface area contributed by atoms with Crippen LogP contribution in [0, 0.1) is 6.92 Å². The summed E-state index contributed by atoms with van der Waals surface area (Å²) in [5, 5.41) is 13.7. The minimum atomic E-state index is -3.59. The number of rotatable bonds is 5. The maximum Gasteiger partial charge on any atom is 0.220 e. The van der Waals surface area contributed by atoms with Crippen molar-refractivity contribution in [2.75, 3.05) is 12.0 Å². The van der Waals surface area contributed by atoms with Crippen molar-refractivity contribution in [3.8, 4) is 5.88 Å². The molecule has 0 amide bonds. The lowest BCUT2D eigenvalue weighted by Crippen LogP contribution is -2.15. The normalized spacial score (nSPS) is 13.0. The third kappa shape index (κ3) is 3.19. The maximum atomic E-state index is 12.7. The van der Waals surface area contributed by atoms with Gasteiger partial charge < -0.3 is 9.66 Å². The molecule has 0 aliphatic carbocycles. The second-order valence-electron chi connectivity index (χ2n) is 5.31. The number of hydrogen-bond acceptors (Lipinski definition) is 6. The topological polar surface area (TPSA) is 112 Å². The number of aryl methyl sites for hydroxylation is 1. The number of carbonyl (C=O) groups is 1. The molecule has 130 valence electrons. The van der Waals surface area contributed by atoms with Crippen LogP contribution >= 0.6 is 0 Å². The Labute approximate surface area is 143 Å². The minimum Gasteiger partial charge on any atom is -0.611 e. The highest BCUT2D eigenvalue weighted by molar-refractivity contribution is 7.94. The van der Waals surface area contributed by atoms with Crippen LogP contribution in [-0.4, -0.2) is 45.6 Å².